The van der Waals surface area contributed by atoms with E-state index in [-0.39, 0.29) is 18.3 Å². The quantitative estimate of drug-likeness (QED) is 0.679. The minimum atomic E-state index is -0.971. The van der Waals surface area contributed by atoms with Crippen LogP contribution >= 0.6 is 0 Å². The second kappa shape index (κ2) is 7.00. The van der Waals surface area contributed by atoms with Gasteiger partial charge in [-0.3, -0.25) is 0 Å². The molecule has 2 heterocycles. The first kappa shape index (κ1) is 18.6. The molecule has 1 aliphatic carbocycles. The molecule has 0 amide bonds. The van der Waals surface area contributed by atoms with Gasteiger partial charge in [-0.15, -0.1) is 0 Å². The molecule has 146 valence electrons. The highest BCUT2D eigenvalue weighted by Gasteiger charge is 2.36. The fraction of sp³-hybridized carbons (Fsp3) is 0.381. The number of hydrogen-bond acceptors (Lipinski definition) is 5. The molecule has 7 heteroatoms. The van der Waals surface area contributed by atoms with Crippen molar-refractivity contribution in [3.8, 4) is 5.69 Å². The maximum Gasteiger partial charge on any atom is 0.335 e. The standard InChI is InChI=1S/C21H23N3O4/c1-21(2)8-17(9-21)28-12-18(25)14-7-15-11-23-24(19(15)22-10-14)16-5-3-13(4-6-16)20(26)27/h3-7,10-11,17-18,25H,8-9,12H2,1-2H3,(H,26,27). The van der Waals surface area contributed by atoms with Crippen LogP contribution in [0.3, 0.4) is 0 Å². The largest absolute Gasteiger partial charge is 0.478 e. The van der Waals surface area contributed by atoms with Gasteiger partial charge in [-0.05, 0) is 48.6 Å². The molecular formula is C21H23N3O4. The van der Waals surface area contributed by atoms with Crippen molar-refractivity contribution in [2.75, 3.05) is 6.61 Å². The molecule has 4 rings (SSSR count). The number of benzene rings is 1. The van der Waals surface area contributed by atoms with Gasteiger partial charge in [0, 0.05) is 17.1 Å². The summed E-state index contributed by atoms with van der Waals surface area (Å²) in [6.45, 7) is 4.68. The Morgan fingerprint density at radius 1 is 1.29 bits per heavy atom. The second-order valence-electron chi connectivity index (χ2n) is 8.13. The van der Waals surface area contributed by atoms with Crippen LogP contribution in [-0.4, -0.2) is 43.7 Å². The summed E-state index contributed by atoms with van der Waals surface area (Å²) in [5.74, 6) is -0.971. The van der Waals surface area contributed by atoms with Crippen LogP contribution in [0.25, 0.3) is 16.7 Å². The number of pyridine rings is 1. The number of fused-ring (bicyclic) bond motifs is 1. The first-order valence-electron chi connectivity index (χ1n) is 9.29. The first-order valence-corrected chi connectivity index (χ1v) is 9.29. The van der Waals surface area contributed by atoms with E-state index in [0.717, 1.165) is 23.9 Å². The van der Waals surface area contributed by atoms with E-state index in [1.54, 1.807) is 29.2 Å². The molecular weight excluding hydrogens is 358 g/mol. The van der Waals surface area contributed by atoms with Gasteiger partial charge in [0.05, 0.1) is 30.2 Å². The molecule has 0 bridgehead atoms. The number of carboxylic acids is 1. The Morgan fingerprint density at radius 2 is 2.00 bits per heavy atom. The van der Waals surface area contributed by atoms with Gasteiger partial charge >= 0.3 is 5.97 Å². The van der Waals surface area contributed by atoms with Gasteiger partial charge in [0.15, 0.2) is 5.65 Å². The van der Waals surface area contributed by atoms with Crippen molar-refractivity contribution >= 4 is 17.0 Å². The summed E-state index contributed by atoms with van der Waals surface area (Å²) < 4.78 is 7.44. The van der Waals surface area contributed by atoms with E-state index in [2.05, 4.69) is 23.9 Å². The van der Waals surface area contributed by atoms with Crippen LogP contribution in [0, 0.1) is 5.41 Å². The summed E-state index contributed by atoms with van der Waals surface area (Å²) in [7, 11) is 0. The molecule has 2 N–H and O–H groups in total. The van der Waals surface area contributed by atoms with Crippen LogP contribution in [-0.2, 0) is 4.74 Å². The van der Waals surface area contributed by atoms with E-state index in [1.165, 1.54) is 12.1 Å². The molecule has 1 aliphatic rings. The summed E-state index contributed by atoms with van der Waals surface area (Å²) in [4.78, 5) is 15.4. The molecule has 1 saturated carbocycles. The van der Waals surface area contributed by atoms with Crippen LogP contribution in [0.1, 0.15) is 48.7 Å². The second-order valence-corrected chi connectivity index (χ2v) is 8.13. The zero-order valence-corrected chi connectivity index (χ0v) is 15.9. The Hall–Kier alpha value is -2.77. The van der Waals surface area contributed by atoms with Gasteiger partial charge in [0.25, 0.3) is 0 Å². The van der Waals surface area contributed by atoms with Crippen molar-refractivity contribution in [2.24, 2.45) is 5.41 Å². The number of carbonyl (C=O) groups is 1. The lowest BCUT2D eigenvalue weighted by Crippen LogP contribution is -2.38. The summed E-state index contributed by atoms with van der Waals surface area (Å²) in [5, 5.41) is 24.6. The molecule has 1 fully saturated rings. The predicted molar refractivity (Wildman–Crippen MR) is 104 cm³/mol. The third-order valence-corrected chi connectivity index (χ3v) is 5.22. The summed E-state index contributed by atoms with van der Waals surface area (Å²) in [5.41, 5.74) is 2.60. The number of ether oxygens (including phenoxy) is 1. The average Bonchev–Trinajstić information content (AvgIpc) is 3.07. The normalized spacial score (nSPS) is 17.4. The number of aliphatic hydroxyl groups excluding tert-OH is 1. The van der Waals surface area contributed by atoms with E-state index < -0.39 is 12.1 Å². The highest BCUT2D eigenvalue weighted by atomic mass is 16.5. The molecule has 0 aliphatic heterocycles. The Balaban J connectivity index is 1.48. The lowest BCUT2D eigenvalue weighted by molar-refractivity contribution is -0.0908. The third-order valence-electron chi connectivity index (χ3n) is 5.22. The monoisotopic (exact) mass is 381 g/mol. The van der Waals surface area contributed by atoms with Crippen molar-refractivity contribution in [1.82, 2.24) is 14.8 Å². The lowest BCUT2D eigenvalue weighted by Gasteiger charge is -2.42. The summed E-state index contributed by atoms with van der Waals surface area (Å²) in [6, 6.07) is 8.30. The molecule has 1 unspecified atom stereocenters. The van der Waals surface area contributed by atoms with Crippen molar-refractivity contribution in [2.45, 2.75) is 38.9 Å². The Morgan fingerprint density at radius 3 is 2.64 bits per heavy atom. The van der Waals surface area contributed by atoms with Gasteiger partial charge in [-0.25, -0.2) is 14.5 Å². The molecule has 2 aromatic heterocycles. The molecule has 0 spiro atoms. The van der Waals surface area contributed by atoms with Crippen molar-refractivity contribution < 1.29 is 19.7 Å². The molecule has 0 saturated heterocycles. The van der Waals surface area contributed by atoms with Gasteiger partial charge in [-0.1, -0.05) is 13.8 Å². The van der Waals surface area contributed by atoms with Gasteiger partial charge in [0.2, 0.25) is 0 Å². The first-order chi connectivity index (χ1) is 13.3. The van der Waals surface area contributed by atoms with E-state index in [1.807, 2.05) is 6.07 Å². The fourth-order valence-corrected chi connectivity index (χ4v) is 3.67. The molecule has 7 nitrogen and oxygen atoms in total. The maximum atomic E-state index is 11.0. The van der Waals surface area contributed by atoms with E-state index in [0.29, 0.717) is 16.6 Å². The minimum Gasteiger partial charge on any atom is -0.478 e. The topological polar surface area (TPSA) is 97.5 Å². The number of rotatable bonds is 6. The molecule has 0 radical (unpaired) electrons. The van der Waals surface area contributed by atoms with E-state index in [4.69, 9.17) is 9.84 Å². The van der Waals surface area contributed by atoms with Gasteiger partial charge in [0.1, 0.15) is 6.10 Å². The number of hydrogen-bond donors (Lipinski definition) is 2. The fourth-order valence-electron chi connectivity index (χ4n) is 3.67. The van der Waals surface area contributed by atoms with Crippen LogP contribution in [0.4, 0.5) is 0 Å². The van der Waals surface area contributed by atoms with Crippen LogP contribution < -0.4 is 0 Å². The van der Waals surface area contributed by atoms with Crippen LogP contribution in [0.5, 0.6) is 0 Å². The van der Waals surface area contributed by atoms with Crippen molar-refractivity contribution in [3.05, 3.63) is 53.9 Å². The zero-order chi connectivity index (χ0) is 19.9. The smallest absolute Gasteiger partial charge is 0.335 e. The van der Waals surface area contributed by atoms with Crippen LogP contribution in [0.2, 0.25) is 0 Å². The Labute approximate surface area is 162 Å². The number of aliphatic hydroxyl groups is 1. The van der Waals surface area contributed by atoms with E-state index in [9.17, 15) is 9.90 Å². The van der Waals surface area contributed by atoms with Crippen molar-refractivity contribution in [3.63, 3.8) is 0 Å². The molecule has 1 aromatic carbocycles. The number of carboxylic acid groups (broad SMARTS) is 1. The Kier molecular flexibility index (Phi) is 4.64. The van der Waals surface area contributed by atoms with E-state index >= 15 is 0 Å². The maximum absolute atomic E-state index is 11.0. The molecule has 1 atom stereocenters. The number of nitrogens with zero attached hydrogens (tertiary/aromatic N) is 3. The number of aromatic nitrogens is 3. The molecule has 28 heavy (non-hydrogen) atoms. The Bertz CT molecular complexity index is 1000. The highest BCUT2D eigenvalue weighted by Crippen LogP contribution is 2.41. The van der Waals surface area contributed by atoms with Crippen molar-refractivity contribution in [1.29, 1.82) is 0 Å². The SMILES string of the molecule is CC1(C)CC(OCC(O)c2cnc3c(cnn3-c3ccc(C(=O)O)cc3)c2)C1. The lowest BCUT2D eigenvalue weighted by atomic mass is 9.70. The van der Waals surface area contributed by atoms with Gasteiger partial charge in [-0.2, -0.15) is 5.10 Å². The van der Waals surface area contributed by atoms with Crippen LogP contribution in [0.15, 0.2) is 42.7 Å². The van der Waals surface area contributed by atoms with Gasteiger partial charge < -0.3 is 14.9 Å². The molecule has 3 aromatic rings. The average molecular weight is 381 g/mol. The predicted octanol–water partition coefficient (Wildman–Crippen LogP) is 3.36. The summed E-state index contributed by atoms with van der Waals surface area (Å²) >= 11 is 0. The minimum absolute atomic E-state index is 0.216. The zero-order valence-electron chi connectivity index (χ0n) is 15.9. The third kappa shape index (κ3) is 3.63. The number of aromatic carboxylic acids is 1. The summed E-state index contributed by atoms with van der Waals surface area (Å²) in [6.07, 6.45) is 4.83. The highest BCUT2D eigenvalue weighted by molar-refractivity contribution is 5.87.